The summed E-state index contributed by atoms with van der Waals surface area (Å²) in [5.74, 6) is -1.40. The van der Waals surface area contributed by atoms with Gasteiger partial charge in [0.25, 0.3) is 5.91 Å². The number of aryl methyl sites for hydroxylation is 2. The minimum absolute atomic E-state index is 0.00598. The SMILES string of the molecule is CCCN(CC(=O)NCC(=O)OCC)C(=O)c1ccc2c(c1)c(C(=O)CCc1ccc(C(=N)N)cc1)cn2C. The number of hydrogen-bond donors (Lipinski definition) is 3. The predicted octanol–water partition coefficient (Wildman–Crippen LogP) is 2.81. The highest BCUT2D eigenvalue weighted by Gasteiger charge is 2.21. The van der Waals surface area contributed by atoms with Crippen molar-refractivity contribution in [1.82, 2.24) is 14.8 Å². The third-order valence-corrected chi connectivity index (χ3v) is 6.29. The maximum Gasteiger partial charge on any atom is 0.325 e. The smallest absolute Gasteiger partial charge is 0.325 e. The summed E-state index contributed by atoms with van der Waals surface area (Å²) in [7, 11) is 1.85. The summed E-state index contributed by atoms with van der Waals surface area (Å²) in [5, 5.41) is 10.7. The molecule has 0 radical (unpaired) electrons. The quantitative estimate of drug-likeness (QED) is 0.133. The molecule has 3 rings (SSSR count). The third-order valence-electron chi connectivity index (χ3n) is 6.29. The molecule has 10 heteroatoms. The van der Waals surface area contributed by atoms with E-state index in [1.807, 2.05) is 30.7 Å². The lowest BCUT2D eigenvalue weighted by molar-refractivity contribution is -0.143. The van der Waals surface area contributed by atoms with Crippen molar-refractivity contribution >= 4 is 40.3 Å². The summed E-state index contributed by atoms with van der Waals surface area (Å²) in [6.45, 7) is 3.69. The van der Waals surface area contributed by atoms with Crippen LogP contribution in [0.5, 0.6) is 0 Å². The van der Waals surface area contributed by atoms with Crippen LogP contribution in [0.4, 0.5) is 0 Å². The van der Waals surface area contributed by atoms with Crippen LogP contribution in [-0.4, -0.2) is 65.1 Å². The number of nitrogens with one attached hydrogen (secondary N) is 2. The number of nitrogens with zero attached hydrogens (tertiary/aromatic N) is 2. The summed E-state index contributed by atoms with van der Waals surface area (Å²) in [4.78, 5) is 51.9. The van der Waals surface area contributed by atoms with Crippen molar-refractivity contribution < 1.29 is 23.9 Å². The molecule has 0 spiro atoms. The maximum absolute atomic E-state index is 13.4. The zero-order chi connectivity index (χ0) is 28.5. The Bertz CT molecular complexity index is 1380. The van der Waals surface area contributed by atoms with E-state index in [4.69, 9.17) is 15.9 Å². The lowest BCUT2D eigenvalue weighted by atomic mass is 10.0. The van der Waals surface area contributed by atoms with Gasteiger partial charge < -0.3 is 25.3 Å². The van der Waals surface area contributed by atoms with E-state index in [0.717, 1.165) is 11.1 Å². The molecule has 1 aromatic heterocycles. The number of esters is 1. The first kappa shape index (κ1) is 29.1. The summed E-state index contributed by atoms with van der Waals surface area (Å²) >= 11 is 0. The Kier molecular flexibility index (Phi) is 9.97. The van der Waals surface area contributed by atoms with Gasteiger partial charge in [-0.1, -0.05) is 31.2 Å². The number of carbonyl (C=O) groups is 4. The molecule has 0 unspecified atom stereocenters. The van der Waals surface area contributed by atoms with E-state index >= 15 is 0 Å². The first-order chi connectivity index (χ1) is 18.6. The molecule has 206 valence electrons. The van der Waals surface area contributed by atoms with Crippen LogP contribution in [0.2, 0.25) is 0 Å². The zero-order valence-corrected chi connectivity index (χ0v) is 22.6. The molecule has 0 atom stereocenters. The van der Waals surface area contributed by atoms with Crippen LogP contribution in [0.15, 0.2) is 48.7 Å². The van der Waals surface area contributed by atoms with E-state index in [1.54, 1.807) is 43.5 Å². The van der Waals surface area contributed by atoms with Crippen molar-refractivity contribution in [2.24, 2.45) is 12.8 Å². The molecule has 0 fully saturated rings. The second-order valence-electron chi connectivity index (χ2n) is 9.23. The number of nitrogens with two attached hydrogens (primary N) is 1. The van der Waals surface area contributed by atoms with Gasteiger partial charge in [0, 0.05) is 53.8 Å². The van der Waals surface area contributed by atoms with Gasteiger partial charge in [-0.15, -0.1) is 0 Å². The van der Waals surface area contributed by atoms with Gasteiger partial charge in [-0.2, -0.15) is 0 Å². The maximum atomic E-state index is 13.4. The Morgan fingerprint density at radius 2 is 1.74 bits per heavy atom. The summed E-state index contributed by atoms with van der Waals surface area (Å²) in [6, 6.07) is 12.4. The van der Waals surface area contributed by atoms with E-state index in [9.17, 15) is 19.2 Å². The van der Waals surface area contributed by atoms with Crippen molar-refractivity contribution in [2.75, 3.05) is 26.2 Å². The van der Waals surface area contributed by atoms with Crippen molar-refractivity contribution in [1.29, 1.82) is 5.41 Å². The fraction of sp³-hybridized carbons (Fsp3) is 0.345. The highest BCUT2D eigenvalue weighted by Crippen LogP contribution is 2.25. The number of fused-ring (bicyclic) bond motifs is 1. The number of benzene rings is 2. The monoisotopic (exact) mass is 533 g/mol. The Balaban J connectivity index is 1.76. The van der Waals surface area contributed by atoms with Crippen molar-refractivity contribution in [3.63, 3.8) is 0 Å². The molecule has 0 aliphatic carbocycles. The number of aromatic nitrogens is 1. The number of hydrogen-bond acceptors (Lipinski definition) is 6. The van der Waals surface area contributed by atoms with Crippen LogP contribution in [0.3, 0.4) is 0 Å². The second-order valence-corrected chi connectivity index (χ2v) is 9.23. The van der Waals surface area contributed by atoms with Crippen molar-refractivity contribution in [3.05, 3.63) is 70.9 Å². The summed E-state index contributed by atoms with van der Waals surface area (Å²) < 4.78 is 6.67. The summed E-state index contributed by atoms with van der Waals surface area (Å²) in [5.41, 5.74) is 8.81. The largest absolute Gasteiger partial charge is 0.465 e. The van der Waals surface area contributed by atoms with E-state index < -0.39 is 11.9 Å². The minimum Gasteiger partial charge on any atom is -0.465 e. The molecule has 1 heterocycles. The average molecular weight is 534 g/mol. The fourth-order valence-corrected chi connectivity index (χ4v) is 4.31. The molecule has 2 amide bonds. The number of rotatable bonds is 13. The van der Waals surface area contributed by atoms with E-state index in [2.05, 4.69) is 5.32 Å². The number of carbonyl (C=O) groups excluding carboxylic acids is 4. The van der Waals surface area contributed by atoms with Gasteiger partial charge in [0.05, 0.1) is 13.2 Å². The molecule has 3 aromatic rings. The number of Topliss-reactive ketones (excluding diaryl/α,β-unsaturated/α-hetero) is 1. The molecular formula is C29H35N5O5. The van der Waals surface area contributed by atoms with Crippen molar-refractivity contribution in [2.45, 2.75) is 33.1 Å². The van der Waals surface area contributed by atoms with Gasteiger partial charge in [-0.25, -0.2) is 0 Å². The number of amidine groups is 1. The molecule has 4 N–H and O–H groups in total. The molecule has 2 aromatic carbocycles. The first-order valence-electron chi connectivity index (χ1n) is 12.9. The van der Waals surface area contributed by atoms with Crippen LogP contribution in [-0.2, 0) is 27.8 Å². The van der Waals surface area contributed by atoms with Gasteiger partial charge in [0.15, 0.2) is 5.78 Å². The molecule has 10 nitrogen and oxygen atoms in total. The normalized spacial score (nSPS) is 10.7. The van der Waals surface area contributed by atoms with Gasteiger partial charge in [-0.3, -0.25) is 24.6 Å². The molecule has 0 saturated carbocycles. The Hall–Kier alpha value is -4.47. The highest BCUT2D eigenvalue weighted by atomic mass is 16.5. The van der Waals surface area contributed by atoms with Crippen LogP contribution < -0.4 is 11.1 Å². The average Bonchev–Trinajstić information content (AvgIpc) is 3.26. The lowest BCUT2D eigenvalue weighted by Gasteiger charge is -2.21. The minimum atomic E-state index is -0.543. The van der Waals surface area contributed by atoms with Gasteiger partial charge in [-0.05, 0) is 43.5 Å². The van der Waals surface area contributed by atoms with Gasteiger partial charge in [0.1, 0.15) is 12.4 Å². The van der Waals surface area contributed by atoms with Crippen LogP contribution in [0, 0.1) is 5.41 Å². The Morgan fingerprint density at radius 1 is 1.05 bits per heavy atom. The standard InChI is InChI=1S/C29H35N5O5/c1-4-14-34(18-26(36)32-16-27(37)39-5-2)29(38)21-11-12-24-22(15-21)23(17-33(24)3)25(35)13-8-19-6-9-20(10-7-19)28(30)31/h6-7,9-12,15,17H,4-5,8,13-14,16,18H2,1-3H3,(H3,30,31)(H,32,36). The number of ketones is 1. The number of ether oxygens (including phenoxy) is 1. The second kappa shape index (κ2) is 13.4. The van der Waals surface area contributed by atoms with Gasteiger partial charge in [0.2, 0.25) is 5.91 Å². The van der Waals surface area contributed by atoms with Crippen LogP contribution in [0.1, 0.15) is 58.5 Å². The molecule has 0 saturated heterocycles. The highest BCUT2D eigenvalue weighted by molar-refractivity contribution is 6.10. The molecular weight excluding hydrogens is 498 g/mol. The van der Waals surface area contributed by atoms with Gasteiger partial charge >= 0.3 is 5.97 Å². The van der Waals surface area contributed by atoms with Crippen molar-refractivity contribution in [3.8, 4) is 0 Å². The molecule has 0 aliphatic rings. The number of nitrogen functional groups attached to an aromatic ring is 1. The van der Waals surface area contributed by atoms with Crippen LogP contribution in [0.25, 0.3) is 10.9 Å². The predicted molar refractivity (Wildman–Crippen MR) is 149 cm³/mol. The van der Waals surface area contributed by atoms with E-state index in [1.165, 1.54) is 4.90 Å². The fourth-order valence-electron chi connectivity index (χ4n) is 4.31. The Labute approximate surface area is 227 Å². The third kappa shape index (κ3) is 7.53. The first-order valence-corrected chi connectivity index (χ1v) is 12.9. The van der Waals surface area contributed by atoms with E-state index in [0.29, 0.717) is 41.5 Å². The molecule has 39 heavy (non-hydrogen) atoms. The molecule has 0 bridgehead atoms. The molecule has 0 aliphatic heterocycles. The lowest BCUT2D eigenvalue weighted by Crippen LogP contribution is -2.42. The topological polar surface area (TPSA) is 148 Å². The Morgan fingerprint density at radius 3 is 2.38 bits per heavy atom. The number of amides is 2. The summed E-state index contributed by atoms with van der Waals surface area (Å²) in [6.07, 6.45) is 3.21. The van der Waals surface area contributed by atoms with Crippen LogP contribution >= 0.6 is 0 Å². The zero-order valence-electron chi connectivity index (χ0n) is 22.6. The van der Waals surface area contributed by atoms with E-state index in [-0.39, 0.29) is 43.6 Å².